The minimum atomic E-state index is -0.410. The summed E-state index contributed by atoms with van der Waals surface area (Å²) >= 11 is 0. The fourth-order valence-corrected chi connectivity index (χ4v) is 3.70. The molecule has 1 saturated carbocycles. The molecule has 0 saturated heterocycles. The standard InChI is InChI=1S/C18H19N5O.ClH/c19-18(10-5-11-18)17-20-16(24-22-17)15-13-8-4-9-14(13)23(21-15)12-6-2-1-3-7-12;/h1-3,6-7H,4-5,8-11,19H2;1H. The van der Waals surface area contributed by atoms with Gasteiger partial charge in [-0.2, -0.15) is 10.1 Å². The van der Waals surface area contributed by atoms with Crippen molar-refractivity contribution >= 4 is 12.4 Å². The monoisotopic (exact) mass is 357 g/mol. The molecule has 0 atom stereocenters. The van der Waals surface area contributed by atoms with E-state index in [4.69, 9.17) is 15.4 Å². The second-order valence-electron chi connectivity index (χ2n) is 6.81. The number of para-hydroxylation sites is 1. The SMILES string of the molecule is Cl.NC1(c2noc(-c3nn(-c4ccccc4)c4c3CCC4)n2)CCC1. The van der Waals surface area contributed by atoms with E-state index in [2.05, 4.69) is 22.3 Å². The summed E-state index contributed by atoms with van der Waals surface area (Å²) in [5.74, 6) is 1.11. The predicted octanol–water partition coefficient (Wildman–Crippen LogP) is 3.17. The van der Waals surface area contributed by atoms with Crippen molar-refractivity contribution in [2.75, 3.05) is 0 Å². The van der Waals surface area contributed by atoms with Gasteiger partial charge in [0.15, 0.2) is 11.5 Å². The lowest BCUT2D eigenvalue weighted by Gasteiger charge is -2.34. The summed E-state index contributed by atoms with van der Waals surface area (Å²) in [6.07, 6.45) is 6.13. The van der Waals surface area contributed by atoms with Gasteiger partial charge in [-0.15, -0.1) is 12.4 Å². The van der Waals surface area contributed by atoms with Gasteiger partial charge in [0.25, 0.3) is 5.89 Å². The lowest BCUT2D eigenvalue weighted by atomic mass is 9.77. The molecule has 2 aliphatic rings. The van der Waals surface area contributed by atoms with E-state index < -0.39 is 5.54 Å². The summed E-state index contributed by atoms with van der Waals surface area (Å²) in [5, 5.41) is 8.92. The van der Waals surface area contributed by atoms with Gasteiger partial charge >= 0.3 is 0 Å². The van der Waals surface area contributed by atoms with Gasteiger partial charge in [0, 0.05) is 11.3 Å². The van der Waals surface area contributed by atoms with Crippen LogP contribution in [0.2, 0.25) is 0 Å². The zero-order chi connectivity index (χ0) is 16.1. The fourth-order valence-electron chi connectivity index (χ4n) is 3.70. The third kappa shape index (κ3) is 2.48. The number of benzene rings is 1. The van der Waals surface area contributed by atoms with Crippen molar-refractivity contribution in [3.63, 3.8) is 0 Å². The molecule has 0 amide bonds. The summed E-state index contributed by atoms with van der Waals surface area (Å²) in [5.41, 5.74) is 10.3. The van der Waals surface area contributed by atoms with Gasteiger partial charge in [-0.05, 0) is 50.7 Å². The van der Waals surface area contributed by atoms with Gasteiger partial charge in [0.2, 0.25) is 0 Å². The number of hydrogen-bond donors (Lipinski definition) is 1. The Balaban J connectivity index is 0.00000157. The minimum absolute atomic E-state index is 0. The molecule has 1 aromatic carbocycles. The number of hydrogen-bond acceptors (Lipinski definition) is 5. The van der Waals surface area contributed by atoms with Gasteiger partial charge < -0.3 is 10.3 Å². The molecule has 0 bridgehead atoms. The number of rotatable bonds is 3. The van der Waals surface area contributed by atoms with Crippen LogP contribution in [0.15, 0.2) is 34.9 Å². The Morgan fingerprint density at radius 2 is 1.88 bits per heavy atom. The first-order valence-corrected chi connectivity index (χ1v) is 8.54. The van der Waals surface area contributed by atoms with Crippen LogP contribution < -0.4 is 5.73 Å². The van der Waals surface area contributed by atoms with E-state index in [9.17, 15) is 0 Å². The van der Waals surface area contributed by atoms with Crippen molar-refractivity contribution in [3.8, 4) is 17.3 Å². The molecule has 2 heterocycles. The van der Waals surface area contributed by atoms with E-state index in [-0.39, 0.29) is 12.4 Å². The van der Waals surface area contributed by atoms with Gasteiger partial charge in [0.1, 0.15) is 0 Å². The summed E-state index contributed by atoms with van der Waals surface area (Å²) in [6, 6.07) is 10.2. The lowest BCUT2D eigenvalue weighted by Crippen LogP contribution is -2.44. The van der Waals surface area contributed by atoms with E-state index >= 15 is 0 Å². The first-order chi connectivity index (χ1) is 11.7. The molecule has 0 radical (unpaired) electrons. The average molecular weight is 358 g/mol. The summed E-state index contributed by atoms with van der Waals surface area (Å²) < 4.78 is 7.55. The summed E-state index contributed by atoms with van der Waals surface area (Å²) in [6.45, 7) is 0. The molecule has 2 aliphatic carbocycles. The highest BCUT2D eigenvalue weighted by atomic mass is 35.5. The van der Waals surface area contributed by atoms with Crippen molar-refractivity contribution in [3.05, 3.63) is 47.4 Å². The number of aromatic nitrogens is 4. The number of nitrogens with two attached hydrogens (primary N) is 1. The molecular formula is C18H20ClN5O. The Hall–Kier alpha value is -2.18. The number of halogens is 1. The maximum Gasteiger partial charge on any atom is 0.278 e. The maximum atomic E-state index is 6.31. The fraction of sp³-hybridized carbons (Fsp3) is 0.389. The zero-order valence-corrected chi connectivity index (χ0v) is 14.6. The van der Waals surface area contributed by atoms with Gasteiger partial charge in [-0.3, -0.25) is 0 Å². The molecule has 0 unspecified atom stereocenters. The molecule has 6 nitrogen and oxygen atoms in total. The van der Waals surface area contributed by atoms with Crippen molar-refractivity contribution in [1.29, 1.82) is 0 Å². The van der Waals surface area contributed by atoms with Crippen LogP contribution in [0.3, 0.4) is 0 Å². The van der Waals surface area contributed by atoms with Crippen LogP contribution in [0.4, 0.5) is 0 Å². The Labute approximate surface area is 151 Å². The largest absolute Gasteiger partial charge is 0.332 e. The second kappa shape index (κ2) is 5.97. The molecule has 25 heavy (non-hydrogen) atoms. The van der Waals surface area contributed by atoms with E-state index in [1.165, 1.54) is 11.3 Å². The normalized spacial score (nSPS) is 17.6. The molecule has 1 fully saturated rings. The molecule has 7 heteroatoms. The highest BCUT2D eigenvalue weighted by Crippen LogP contribution is 2.39. The average Bonchev–Trinajstić information content (AvgIpc) is 3.29. The predicted molar refractivity (Wildman–Crippen MR) is 95.8 cm³/mol. The highest BCUT2D eigenvalue weighted by Gasteiger charge is 2.39. The van der Waals surface area contributed by atoms with Gasteiger partial charge in [-0.1, -0.05) is 23.4 Å². The summed E-state index contributed by atoms with van der Waals surface area (Å²) in [4.78, 5) is 4.58. The Kier molecular flexibility index (Phi) is 3.89. The molecule has 3 aromatic rings. The molecular weight excluding hydrogens is 338 g/mol. The highest BCUT2D eigenvalue weighted by molar-refractivity contribution is 5.85. The zero-order valence-electron chi connectivity index (χ0n) is 13.8. The van der Waals surface area contributed by atoms with Crippen LogP contribution in [-0.2, 0) is 18.4 Å². The van der Waals surface area contributed by atoms with Crippen LogP contribution in [0.1, 0.15) is 42.8 Å². The van der Waals surface area contributed by atoms with Crippen molar-refractivity contribution in [1.82, 2.24) is 19.9 Å². The van der Waals surface area contributed by atoms with Crippen LogP contribution >= 0.6 is 12.4 Å². The van der Waals surface area contributed by atoms with E-state index in [1.54, 1.807) is 0 Å². The Morgan fingerprint density at radius 1 is 1.08 bits per heavy atom. The van der Waals surface area contributed by atoms with Crippen LogP contribution in [-0.4, -0.2) is 19.9 Å². The Morgan fingerprint density at radius 3 is 2.60 bits per heavy atom. The summed E-state index contributed by atoms with van der Waals surface area (Å²) in [7, 11) is 0. The van der Waals surface area contributed by atoms with Crippen LogP contribution in [0, 0.1) is 0 Å². The molecule has 0 aliphatic heterocycles. The van der Waals surface area contributed by atoms with Crippen molar-refractivity contribution in [2.24, 2.45) is 5.73 Å². The lowest BCUT2D eigenvalue weighted by molar-refractivity contribution is 0.229. The third-order valence-electron chi connectivity index (χ3n) is 5.25. The second-order valence-corrected chi connectivity index (χ2v) is 6.81. The first-order valence-electron chi connectivity index (χ1n) is 8.54. The number of fused-ring (bicyclic) bond motifs is 1. The first kappa shape index (κ1) is 16.3. The van der Waals surface area contributed by atoms with Gasteiger partial charge in [0.05, 0.1) is 11.2 Å². The molecule has 0 spiro atoms. The minimum Gasteiger partial charge on any atom is -0.332 e. The maximum absolute atomic E-state index is 6.31. The number of nitrogens with zero attached hydrogens (tertiary/aromatic N) is 4. The van der Waals surface area contributed by atoms with E-state index in [1.807, 2.05) is 22.9 Å². The quantitative estimate of drug-likeness (QED) is 0.778. The van der Waals surface area contributed by atoms with Crippen LogP contribution in [0.25, 0.3) is 17.3 Å². The van der Waals surface area contributed by atoms with Crippen LogP contribution in [0.5, 0.6) is 0 Å². The third-order valence-corrected chi connectivity index (χ3v) is 5.25. The van der Waals surface area contributed by atoms with Crippen molar-refractivity contribution in [2.45, 2.75) is 44.1 Å². The molecule has 2 aromatic heterocycles. The van der Waals surface area contributed by atoms with E-state index in [0.29, 0.717) is 11.7 Å². The van der Waals surface area contributed by atoms with Crippen molar-refractivity contribution < 1.29 is 4.52 Å². The smallest absolute Gasteiger partial charge is 0.278 e. The topological polar surface area (TPSA) is 82.8 Å². The Bertz CT molecular complexity index is 898. The molecule has 5 rings (SSSR count). The van der Waals surface area contributed by atoms with Gasteiger partial charge in [-0.25, -0.2) is 4.68 Å². The molecule has 2 N–H and O–H groups in total. The van der Waals surface area contributed by atoms with E-state index in [0.717, 1.165) is 49.9 Å². The molecule has 130 valence electrons.